The van der Waals surface area contributed by atoms with Crippen LogP contribution in [0.5, 0.6) is 0 Å². The Bertz CT molecular complexity index is 559. The first-order valence-electron chi connectivity index (χ1n) is 9.37. The normalized spacial score (nSPS) is 25.2. The van der Waals surface area contributed by atoms with Crippen LogP contribution in [0.3, 0.4) is 0 Å². The zero-order valence-corrected chi connectivity index (χ0v) is 15.0. The largest absolute Gasteiger partial charge is 0.492 e. The molecule has 0 N–H and O–H groups in total. The zero-order valence-electron chi connectivity index (χ0n) is 15.0. The van der Waals surface area contributed by atoms with Gasteiger partial charge >= 0.3 is 0 Å². The van der Waals surface area contributed by atoms with Crippen molar-refractivity contribution in [3.05, 3.63) is 41.0 Å². The highest BCUT2D eigenvalue weighted by atomic mass is 16.5. The van der Waals surface area contributed by atoms with Crippen molar-refractivity contribution in [2.24, 2.45) is 11.8 Å². The molecule has 2 heteroatoms. The van der Waals surface area contributed by atoms with Gasteiger partial charge in [-0.1, -0.05) is 38.1 Å². The summed E-state index contributed by atoms with van der Waals surface area (Å²) in [6, 6.07) is 8.71. The predicted molar refractivity (Wildman–Crippen MR) is 97.3 cm³/mol. The van der Waals surface area contributed by atoms with Gasteiger partial charge in [-0.2, -0.15) is 0 Å². The number of hydrogen-bond acceptors (Lipinski definition) is 2. The lowest BCUT2D eigenvalue weighted by atomic mass is 9.91. The minimum Gasteiger partial charge on any atom is -0.492 e. The van der Waals surface area contributed by atoms with E-state index in [1.54, 1.807) is 5.57 Å². The second-order valence-corrected chi connectivity index (χ2v) is 7.12. The first-order valence-corrected chi connectivity index (χ1v) is 9.37. The molecule has 2 atom stereocenters. The van der Waals surface area contributed by atoms with Crippen LogP contribution in [-0.2, 0) is 4.74 Å². The Morgan fingerprint density at radius 3 is 2.57 bits per heavy atom. The number of ether oxygens (including phenoxy) is 1. The van der Waals surface area contributed by atoms with Gasteiger partial charge in [0.1, 0.15) is 12.4 Å². The fourth-order valence-corrected chi connectivity index (χ4v) is 4.32. The summed E-state index contributed by atoms with van der Waals surface area (Å²) in [5.74, 6) is 2.91. The predicted octanol–water partition coefficient (Wildman–Crippen LogP) is 4.88. The number of rotatable bonds is 7. The van der Waals surface area contributed by atoms with Crippen molar-refractivity contribution in [1.82, 2.24) is 4.90 Å². The van der Waals surface area contributed by atoms with Gasteiger partial charge in [0.15, 0.2) is 0 Å². The van der Waals surface area contributed by atoms with Gasteiger partial charge in [0.05, 0.1) is 0 Å². The topological polar surface area (TPSA) is 12.5 Å². The molecule has 126 valence electrons. The molecule has 0 spiro atoms. The van der Waals surface area contributed by atoms with Crippen molar-refractivity contribution < 1.29 is 4.74 Å². The van der Waals surface area contributed by atoms with Gasteiger partial charge in [-0.05, 0) is 68.7 Å². The summed E-state index contributed by atoms with van der Waals surface area (Å²) in [5, 5.41) is 0. The van der Waals surface area contributed by atoms with Crippen molar-refractivity contribution in [3.63, 3.8) is 0 Å². The zero-order chi connectivity index (χ0) is 16.2. The van der Waals surface area contributed by atoms with E-state index in [9.17, 15) is 0 Å². The summed E-state index contributed by atoms with van der Waals surface area (Å²) >= 11 is 0. The lowest BCUT2D eigenvalue weighted by molar-refractivity contribution is 0.199. The molecule has 1 aromatic rings. The van der Waals surface area contributed by atoms with Gasteiger partial charge in [0.2, 0.25) is 0 Å². The van der Waals surface area contributed by atoms with Gasteiger partial charge in [0, 0.05) is 12.1 Å². The second kappa shape index (κ2) is 7.53. The van der Waals surface area contributed by atoms with E-state index >= 15 is 0 Å². The lowest BCUT2D eigenvalue weighted by Gasteiger charge is -2.23. The van der Waals surface area contributed by atoms with Crippen molar-refractivity contribution in [1.29, 1.82) is 0 Å². The SMILES string of the molecule is CCN(CC)CCO/C(=C1/CC2CCC1C2)c1ccccc1C. The fraction of sp³-hybridized carbons (Fsp3) is 0.619. The quantitative estimate of drug-likeness (QED) is 0.665. The van der Waals surface area contributed by atoms with E-state index in [-0.39, 0.29) is 0 Å². The summed E-state index contributed by atoms with van der Waals surface area (Å²) in [6.07, 6.45) is 5.45. The summed E-state index contributed by atoms with van der Waals surface area (Å²) in [4.78, 5) is 2.43. The van der Waals surface area contributed by atoms with Crippen LogP contribution >= 0.6 is 0 Å². The van der Waals surface area contributed by atoms with E-state index < -0.39 is 0 Å². The number of hydrogen-bond donors (Lipinski definition) is 0. The maximum absolute atomic E-state index is 6.42. The molecule has 3 rings (SSSR count). The summed E-state index contributed by atoms with van der Waals surface area (Å²) in [5.41, 5.74) is 4.25. The highest BCUT2D eigenvalue weighted by Gasteiger charge is 2.38. The van der Waals surface area contributed by atoms with Crippen LogP contribution in [0.1, 0.15) is 50.7 Å². The molecule has 23 heavy (non-hydrogen) atoms. The molecule has 2 fully saturated rings. The number of nitrogens with zero attached hydrogens (tertiary/aromatic N) is 1. The summed E-state index contributed by atoms with van der Waals surface area (Å²) < 4.78 is 6.42. The van der Waals surface area contributed by atoms with Crippen molar-refractivity contribution in [2.75, 3.05) is 26.2 Å². The monoisotopic (exact) mass is 313 g/mol. The molecule has 0 heterocycles. The number of aryl methyl sites for hydroxylation is 1. The standard InChI is InChI=1S/C21H31NO/c1-4-22(5-2)12-13-23-21(19-9-7-6-8-16(19)3)20-15-17-10-11-18(20)14-17/h6-9,17-18H,4-5,10-15H2,1-3H3/b21-20-. The van der Waals surface area contributed by atoms with Crippen LogP contribution in [0, 0.1) is 18.8 Å². The first-order chi connectivity index (χ1) is 11.2. The number of benzene rings is 1. The third-order valence-electron chi connectivity index (χ3n) is 5.77. The first kappa shape index (κ1) is 16.6. The van der Waals surface area contributed by atoms with Crippen LogP contribution in [-0.4, -0.2) is 31.1 Å². The molecular weight excluding hydrogens is 282 g/mol. The van der Waals surface area contributed by atoms with Gasteiger partial charge < -0.3 is 9.64 Å². The Hall–Kier alpha value is -1.28. The number of fused-ring (bicyclic) bond motifs is 2. The van der Waals surface area contributed by atoms with Crippen LogP contribution in [0.4, 0.5) is 0 Å². The van der Waals surface area contributed by atoms with Crippen molar-refractivity contribution >= 4 is 5.76 Å². The van der Waals surface area contributed by atoms with Crippen LogP contribution < -0.4 is 0 Å². The number of allylic oxidation sites excluding steroid dienone is 1. The van der Waals surface area contributed by atoms with Gasteiger partial charge in [0.25, 0.3) is 0 Å². The van der Waals surface area contributed by atoms with E-state index in [1.807, 2.05) is 0 Å². The van der Waals surface area contributed by atoms with Crippen molar-refractivity contribution in [2.45, 2.75) is 46.5 Å². The minimum absolute atomic E-state index is 0.781. The Kier molecular flexibility index (Phi) is 5.42. The molecule has 2 bridgehead atoms. The van der Waals surface area contributed by atoms with Crippen LogP contribution in [0.2, 0.25) is 0 Å². The molecule has 0 saturated heterocycles. The molecule has 0 amide bonds. The highest BCUT2D eigenvalue weighted by Crippen LogP contribution is 2.50. The van der Waals surface area contributed by atoms with Gasteiger partial charge in [-0.15, -0.1) is 0 Å². The number of likely N-dealkylation sites (N-methyl/N-ethyl adjacent to an activating group) is 1. The van der Waals surface area contributed by atoms with Crippen LogP contribution in [0.15, 0.2) is 29.8 Å². The van der Waals surface area contributed by atoms with E-state index in [1.165, 1.54) is 42.6 Å². The molecule has 2 aliphatic rings. The lowest BCUT2D eigenvalue weighted by Crippen LogP contribution is -2.27. The third-order valence-corrected chi connectivity index (χ3v) is 5.77. The third kappa shape index (κ3) is 3.63. The average molecular weight is 313 g/mol. The second-order valence-electron chi connectivity index (χ2n) is 7.12. The Morgan fingerprint density at radius 2 is 1.96 bits per heavy atom. The van der Waals surface area contributed by atoms with Gasteiger partial charge in [-0.25, -0.2) is 0 Å². The molecule has 2 nitrogen and oxygen atoms in total. The Morgan fingerprint density at radius 1 is 1.17 bits per heavy atom. The molecule has 0 aromatic heterocycles. The Labute approximate surface area is 141 Å². The van der Waals surface area contributed by atoms with Crippen LogP contribution in [0.25, 0.3) is 5.76 Å². The van der Waals surface area contributed by atoms with E-state index in [0.29, 0.717) is 0 Å². The summed E-state index contributed by atoms with van der Waals surface area (Å²) in [6.45, 7) is 10.7. The van der Waals surface area contributed by atoms with E-state index in [0.717, 1.165) is 38.1 Å². The molecule has 2 aliphatic carbocycles. The van der Waals surface area contributed by atoms with E-state index in [4.69, 9.17) is 4.74 Å². The van der Waals surface area contributed by atoms with E-state index in [2.05, 4.69) is 49.9 Å². The highest BCUT2D eigenvalue weighted by molar-refractivity contribution is 5.67. The molecule has 0 aliphatic heterocycles. The smallest absolute Gasteiger partial charge is 0.126 e. The molecule has 1 aromatic carbocycles. The summed E-state index contributed by atoms with van der Waals surface area (Å²) in [7, 11) is 0. The molecule has 0 radical (unpaired) electrons. The molecule has 2 unspecified atom stereocenters. The van der Waals surface area contributed by atoms with Gasteiger partial charge in [-0.3, -0.25) is 0 Å². The molecular formula is C21H31NO. The minimum atomic E-state index is 0.781. The molecule has 2 saturated carbocycles. The average Bonchev–Trinajstić information content (AvgIpc) is 3.19. The maximum atomic E-state index is 6.42. The fourth-order valence-electron chi connectivity index (χ4n) is 4.32. The maximum Gasteiger partial charge on any atom is 0.126 e. The van der Waals surface area contributed by atoms with Crippen molar-refractivity contribution in [3.8, 4) is 0 Å². The Balaban J connectivity index is 1.81.